The van der Waals surface area contributed by atoms with E-state index in [1.54, 1.807) is 18.3 Å². The molecule has 1 heterocycles. The molecule has 0 aliphatic heterocycles. The molecule has 1 amide bonds. The maximum absolute atomic E-state index is 13.1. The number of pyridine rings is 1. The summed E-state index contributed by atoms with van der Waals surface area (Å²) in [6.45, 7) is 2.09. The van der Waals surface area contributed by atoms with Gasteiger partial charge >= 0.3 is 0 Å². The smallest absolute Gasteiger partial charge is 0.265 e. The van der Waals surface area contributed by atoms with Crippen LogP contribution in [0.5, 0.6) is 5.75 Å². The lowest BCUT2D eigenvalue weighted by Crippen LogP contribution is -2.30. The zero-order valence-electron chi connectivity index (χ0n) is 14.5. The number of carbonyl (C=O) groups is 1. The first kappa shape index (κ1) is 18.8. The highest BCUT2D eigenvalue weighted by atomic mass is 35.5. The molecule has 2 aromatic carbocycles. The van der Waals surface area contributed by atoms with E-state index in [9.17, 15) is 9.18 Å². The van der Waals surface area contributed by atoms with Crippen molar-refractivity contribution in [1.29, 1.82) is 0 Å². The zero-order valence-corrected chi connectivity index (χ0v) is 15.3. The summed E-state index contributed by atoms with van der Waals surface area (Å²) in [5.74, 6) is 4.83. The molecule has 0 atom stereocenters. The van der Waals surface area contributed by atoms with Crippen molar-refractivity contribution in [3.05, 3.63) is 82.3 Å². The Morgan fingerprint density at radius 3 is 2.74 bits per heavy atom. The normalized spacial score (nSPS) is 10.5. The summed E-state index contributed by atoms with van der Waals surface area (Å²) < 4.78 is 18.8. The number of amides is 1. The Labute approximate surface area is 160 Å². The van der Waals surface area contributed by atoms with Gasteiger partial charge in [0, 0.05) is 17.3 Å². The fourth-order valence-electron chi connectivity index (χ4n) is 2.63. The van der Waals surface area contributed by atoms with Gasteiger partial charge in [-0.1, -0.05) is 17.7 Å². The molecule has 0 saturated heterocycles. The van der Waals surface area contributed by atoms with E-state index in [4.69, 9.17) is 22.2 Å². The second-order valence-electron chi connectivity index (χ2n) is 5.92. The number of benzene rings is 2. The Morgan fingerprint density at radius 2 is 2.04 bits per heavy atom. The molecule has 0 spiro atoms. The van der Waals surface area contributed by atoms with Crippen LogP contribution >= 0.6 is 11.6 Å². The van der Waals surface area contributed by atoms with Crippen molar-refractivity contribution in [1.82, 2.24) is 10.4 Å². The average Bonchev–Trinajstić information content (AvgIpc) is 2.67. The van der Waals surface area contributed by atoms with Crippen LogP contribution in [0.3, 0.4) is 0 Å². The number of nitrogens with zero attached hydrogens (tertiary/aromatic N) is 1. The predicted octanol–water partition coefficient (Wildman–Crippen LogP) is 4.03. The van der Waals surface area contributed by atoms with E-state index >= 15 is 0 Å². The summed E-state index contributed by atoms with van der Waals surface area (Å²) in [4.78, 5) is 16.1. The summed E-state index contributed by atoms with van der Waals surface area (Å²) >= 11 is 5.97. The number of hydrazine groups is 1. The van der Waals surface area contributed by atoms with Crippen molar-refractivity contribution in [2.45, 2.75) is 13.5 Å². The van der Waals surface area contributed by atoms with Crippen molar-refractivity contribution in [3.8, 4) is 17.0 Å². The molecule has 0 unspecified atom stereocenters. The van der Waals surface area contributed by atoms with Crippen LogP contribution in [0, 0.1) is 12.7 Å². The first-order chi connectivity index (χ1) is 13.0. The number of hydrogen-bond acceptors (Lipinski definition) is 4. The molecule has 5 nitrogen and oxygen atoms in total. The second kappa shape index (κ2) is 8.16. The molecular formula is C20H17ClFN3O2. The monoisotopic (exact) mass is 385 g/mol. The minimum atomic E-state index is -0.416. The van der Waals surface area contributed by atoms with Crippen LogP contribution in [0.15, 0.2) is 54.7 Å². The topological polar surface area (TPSA) is 77.2 Å². The van der Waals surface area contributed by atoms with Gasteiger partial charge < -0.3 is 4.74 Å². The molecule has 0 aliphatic carbocycles. The molecule has 0 saturated carbocycles. The maximum Gasteiger partial charge on any atom is 0.265 e. The Morgan fingerprint density at radius 1 is 1.22 bits per heavy atom. The molecule has 3 aromatic rings. The van der Waals surface area contributed by atoms with E-state index in [0.717, 1.165) is 22.4 Å². The highest BCUT2D eigenvalue weighted by Gasteiger charge is 2.10. The van der Waals surface area contributed by atoms with Crippen LogP contribution < -0.4 is 16.0 Å². The standard InChI is InChI=1S/C20H17ClFN3O2/c1-12-8-14(2-4-16(12)20(26)25-23)18-9-13(6-7-24-18)11-27-19-5-3-15(22)10-17(19)21/h2-10H,11,23H2,1H3,(H,25,26). The Hall–Kier alpha value is -2.96. The SMILES string of the molecule is Cc1cc(-c2cc(COc3ccc(F)cc3Cl)ccn2)ccc1C(=O)NN. The van der Waals surface area contributed by atoms with Crippen molar-refractivity contribution >= 4 is 17.5 Å². The number of ether oxygens (including phenoxy) is 1. The van der Waals surface area contributed by atoms with Crippen LogP contribution in [0.2, 0.25) is 5.02 Å². The van der Waals surface area contributed by atoms with E-state index < -0.39 is 5.82 Å². The van der Waals surface area contributed by atoms with Gasteiger partial charge in [0.15, 0.2) is 0 Å². The van der Waals surface area contributed by atoms with Gasteiger partial charge in [-0.25, -0.2) is 10.2 Å². The van der Waals surface area contributed by atoms with E-state index in [1.807, 2.05) is 25.1 Å². The summed E-state index contributed by atoms with van der Waals surface area (Å²) in [6, 6.07) is 13.1. The van der Waals surface area contributed by atoms with Gasteiger partial charge in [0.2, 0.25) is 0 Å². The van der Waals surface area contributed by atoms with Gasteiger partial charge in [0.05, 0.1) is 10.7 Å². The molecule has 0 aliphatic rings. The third kappa shape index (κ3) is 4.42. The summed E-state index contributed by atoms with van der Waals surface area (Å²) in [5.41, 5.74) is 5.90. The zero-order chi connectivity index (χ0) is 19.4. The van der Waals surface area contributed by atoms with Gasteiger partial charge in [-0.2, -0.15) is 0 Å². The molecule has 3 rings (SSSR count). The molecule has 0 bridgehead atoms. The molecule has 7 heteroatoms. The van der Waals surface area contributed by atoms with Crippen molar-refractivity contribution < 1.29 is 13.9 Å². The minimum absolute atomic E-state index is 0.216. The van der Waals surface area contributed by atoms with Gasteiger partial charge in [0.1, 0.15) is 18.2 Å². The second-order valence-corrected chi connectivity index (χ2v) is 6.32. The van der Waals surface area contributed by atoms with E-state index in [2.05, 4.69) is 10.4 Å². The summed E-state index contributed by atoms with van der Waals surface area (Å²) in [6.07, 6.45) is 1.68. The van der Waals surface area contributed by atoms with Crippen molar-refractivity contribution in [3.63, 3.8) is 0 Å². The highest BCUT2D eigenvalue weighted by Crippen LogP contribution is 2.26. The number of rotatable bonds is 5. The molecular weight excluding hydrogens is 369 g/mol. The Balaban J connectivity index is 1.79. The molecule has 1 aromatic heterocycles. The highest BCUT2D eigenvalue weighted by molar-refractivity contribution is 6.32. The van der Waals surface area contributed by atoms with E-state index in [1.165, 1.54) is 18.2 Å². The Kier molecular flexibility index (Phi) is 5.69. The quantitative estimate of drug-likeness (QED) is 0.395. The third-order valence-corrected chi connectivity index (χ3v) is 4.31. The van der Waals surface area contributed by atoms with Crippen LogP contribution in [0.4, 0.5) is 4.39 Å². The van der Waals surface area contributed by atoms with Gasteiger partial charge in [-0.05, 0) is 60.5 Å². The molecule has 27 heavy (non-hydrogen) atoms. The number of aromatic nitrogens is 1. The number of nitrogen functional groups attached to an aromatic ring is 1. The van der Waals surface area contributed by atoms with Crippen LogP contribution in [0.1, 0.15) is 21.5 Å². The van der Waals surface area contributed by atoms with Crippen LogP contribution in [-0.2, 0) is 6.61 Å². The molecule has 0 radical (unpaired) electrons. The lowest BCUT2D eigenvalue weighted by Gasteiger charge is -2.10. The number of carbonyl (C=O) groups excluding carboxylic acids is 1. The van der Waals surface area contributed by atoms with Gasteiger partial charge in [0.25, 0.3) is 5.91 Å². The first-order valence-corrected chi connectivity index (χ1v) is 8.50. The Bertz CT molecular complexity index is 995. The lowest BCUT2D eigenvalue weighted by atomic mass is 10.0. The van der Waals surface area contributed by atoms with E-state index in [0.29, 0.717) is 11.3 Å². The van der Waals surface area contributed by atoms with Crippen molar-refractivity contribution in [2.75, 3.05) is 0 Å². The molecule has 138 valence electrons. The minimum Gasteiger partial charge on any atom is -0.487 e. The predicted molar refractivity (Wildman–Crippen MR) is 102 cm³/mol. The lowest BCUT2D eigenvalue weighted by molar-refractivity contribution is 0.0953. The average molecular weight is 386 g/mol. The van der Waals surface area contributed by atoms with Crippen LogP contribution in [-0.4, -0.2) is 10.9 Å². The first-order valence-electron chi connectivity index (χ1n) is 8.12. The summed E-state index contributed by atoms with van der Waals surface area (Å²) in [7, 11) is 0. The number of hydrogen-bond donors (Lipinski definition) is 2. The molecule has 3 N–H and O–H groups in total. The number of halogens is 2. The van der Waals surface area contributed by atoms with Gasteiger partial charge in [-0.3, -0.25) is 15.2 Å². The van der Waals surface area contributed by atoms with E-state index in [-0.39, 0.29) is 17.5 Å². The molecule has 0 fully saturated rings. The maximum atomic E-state index is 13.1. The number of nitrogens with one attached hydrogen (secondary N) is 1. The largest absolute Gasteiger partial charge is 0.487 e. The third-order valence-electron chi connectivity index (χ3n) is 4.01. The number of aryl methyl sites for hydroxylation is 1. The fraction of sp³-hybridized carbons (Fsp3) is 0.100. The van der Waals surface area contributed by atoms with Gasteiger partial charge in [-0.15, -0.1) is 0 Å². The summed E-state index contributed by atoms with van der Waals surface area (Å²) in [5, 5.41) is 0.216. The fourth-order valence-corrected chi connectivity index (χ4v) is 2.85. The van der Waals surface area contributed by atoms with Crippen molar-refractivity contribution in [2.24, 2.45) is 5.84 Å². The number of nitrogens with two attached hydrogens (primary N) is 1. The van der Waals surface area contributed by atoms with Crippen LogP contribution in [0.25, 0.3) is 11.3 Å².